The molecule has 0 spiro atoms. The predicted octanol–water partition coefficient (Wildman–Crippen LogP) is 1.87. The highest BCUT2D eigenvalue weighted by molar-refractivity contribution is 9.11. The van der Waals surface area contributed by atoms with Crippen LogP contribution in [0.3, 0.4) is 0 Å². The average Bonchev–Trinajstić information content (AvgIpc) is 2.10. The molecule has 0 unspecified atom stereocenters. The van der Waals surface area contributed by atoms with Gasteiger partial charge < -0.3 is 15.9 Å². The first-order valence-corrected chi connectivity index (χ1v) is 5.65. The number of carbonyl (C=O) groups is 1. The molecule has 82 valence electrons. The molecule has 0 saturated heterocycles. The largest absolute Gasteiger partial charge is 0.508 e. The van der Waals surface area contributed by atoms with Gasteiger partial charge in [0.25, 0.3) is 0 Å². The molecule has 0 aliphatic carbocycles. The standard InChI is InChI=1S/C9H9Br2NO3/c10-6-1-4(13)2-7(11)5(6)3-8(12)9(14)15/h1-2,8,13H,3,12H2,(H,14,15)/t8-/m1/s1. The number of aliphatic carboxylic acids is 1. The molecule has 0 amide bonds. The number of benzene rings is 1. The topological polar surface area (TPSA) is 83.5 Å². The minimum atomic E-state index is -1.05. The molecule has 1 aromatic rings. The Balaban J connectivity index is 3.00. The van der Waals surface area contributed by atoms with E-state index in [2.05, 4.69) is 31.9 Å². The van der Waals surface area contributed by atoms with E-state index in [4.69, 9.17) is 10.8 Å². The lowest BCUT2D eigenvalue weighted by Crippen LogP contribution is -2.32. The molecule has 0 heterocycles. The van der Waals surface area contributed by atoms with Crippen LogP contribution in [-0.2, 0) is 11.2 Å². The normalized spacial score (nSPS) is 12.5. The van der Waals surface area contributed by atoms with Crippen LogP contribution in [0.4, 0.5) is 0 Å². The van der Waals surface area contributed by atoms with Crippen molar-refractivity contribution in [2.75, 3.05) is 0 Å². The second-order valence-corrected chi connectivity index (χ2v) is 4.75. The van der Waals surface area contributed by atoms with Crippen LogP contribution in [-0.4, -0.2) is 22.2 Å². The van der Waals surface area contributed by atoms with Crippen LogP contribution in [0.2, 0.25) is 0 Å². The summed E-state index contributed by atoms with van der Waals surface area (Å²) < 4.78 is 1.26. The number of phenols is 1. The summed E-state index contributed by atoms with van der Waals surface area (Å²) in [4.78, 5) is 10.6. The lowest BCUT2D eigenvalue weighted by molar-refractivity contribution is -0.138. The maximum atomic E-state index is 10.6. The van der Waals surface area contributed by atoms with Crippen LogP contribution in [0.1, 0.15) is 5.56 Å². The van der Waals surface area contributed by atoms with E-state index in [1.165, 1.54) is 12.1 Å². The van der Waals surface area contributed by atoms with Crippen molar-refractivity contribution in [3.63, 3.8) is 0 Å². The molecule has 1 aromatic carbocycles. The van der Waals surface area contributed by atoms with E-state index in [-0.39, 0.29) is 12.2 Å². The van der Waals surface area contributed by atoms with Gasteiger partial charge in [-0.15, -0.1) is 0 Å². The molecule has 6 heteroatoms. The van der Waals surface area contributed by atoms with Crippen LogP contribution in [0, 0.1) is 0 Å². The Morgan fingerprint density at radius 2 is 1.87 bits per heavy atom. The summed E-state index contributed by atoms with van der Waals surface area (Å²) >= 11 is 6.47. The van der Waals surface area contributed by atoms with Crippen LogP contribution >= 0.6 is 31.9 Å². The lowest BCUT2D eigenvalue weighted by Gasteiger charge is -2.11. The van der Waals surface area contributed by atoms with Crippen molar-refractivity contribution in [3.05, 3.63) is 26.6 Å². The highest BCUT2D eigenvalue weighted by Crippen LogP contribution is 2.30. The van der Waals surface area contributed by atoms with Crippen LogP contribution < -0.4 is 5.73 Å². The maximum Gasteiger partial charge on any atom is 0.320 e. The molecule has 0 saturated carbocycles. The first kappa shape index (κ1) is 12.5. The first-order valence-electron chi connectivity index (χ1n) is 4.07. The Morgan fingerprint density at radius 1 is 1.40 bits per heavy atom. The number of hydrogen-bond donors (Lipinski definition) is 3. The summed E-state index contributed by atoms with van der Waals surface area (Å²) in [5.41, 5.74) is 6.15. The second kappa shape index (κ2) is 4.96. The Morgan fingerprint density at radius 3 is 2.27 bits per heavy atom. The molecule has 1 atom stereocenters. The van der Waals surface area contributed by atoms with Gasteiger partial charge in [0.2, 0.25) is 0 Å². The highest BCUT2D eigenvalue weighted by Gasteiger charge is 2.16. The van der Waals surface area contributed by atoms with E-state index in [1.54, 1.807) is 0 Å². The van der Waals surface area contributed by atoms with E-state index in [9.17, 15) is 9.90 Å². The SMILES string of the molecule is N[C@H](Cc1c(Br)cc(O)cc1Br)C(=O)O. The van der Waals surface area contributed by atoms with Crippen molar-refractivity contribution in [3.8, 4) is 5.75 Å². The molecular weight excluding hydrogens is 330 g/mol. The summed E-state index contributed by atoms with van der Waals surface area (Å²) in [6, 6.07) is 2.03. The Hall–Kier alpha value is -0.590. The van der Waals surface area contributed by atoms with Crippen LogP contribution in [0.25, 0.3) is 0 Å². The number of carboxylic acid groups (broad SMARTS) is 1. The van der Waals surface area contributed by atoms with Crippen molar-refractivity contribution in [2.45, 2.75) is 12.5 Å². The molecular formula is C9H9Br2NO3. The van der Waals surface area contributed by atoms with E-state index >= 15 is 0 Å². The number of aromatic hydroxyl groups is 1. The highest BCUT2D eigenvalue weighted by atomic mass is 79.9. The van der Waals surface area contributed by atoms with E-state index in [1.807, 2.05) is 0 Å². The quantitative estimate of drug-likeness (QED) is 0.785. The zero-order valence-corrected chi connectivity index (χ0v) is 10.7. The molecule has 0 aliphatic heterocycles. The van der Waals surface area contributed by atoms with Crippen molar-refractivity contribution in [1.29, 1.82) is 0 Å². The van der Waals surface area contributed by atoms with Gasteiger partial charge in [-0.1, -0.05) is 31.9 Å². The molecule has 0 aromatic heterocycles. The third kappa shape index (κ3) is 3.19. The molecule has 0 radical (unpaired) electrons. The van der Waals surface area contributed by atoms with Gasteiger partial charge in [-0.05, 0) is 17.7 Å². The molecule has 4 N–H and O–H groups in total. The van der Waals surface area contributed by atoms with E-state index < -0.39 is 12.0 Å². The maximum absolute atomic E-state index is 10.6. The Kier molecular flexibility index (Phi) is 4.12. The van der Waals surface area contributed by atoms with Crippen molar-refractivity contribution in [1.82, 2.24) is 0 Å². The fourth-order valence-corrected chi connectivity index (χ4v) is 2.58. The van der Waals surface area contributed by atoms with E-state index in [0.29, 0.717) is 8.95 Å². The Labute approximate surface area is 103 Å². The first-order chi connectivity index (χ1) is 6.91. The van der Waals surface area contributed by atoms with Gasteiger partial charge in [0.05, 0.1) is 0 Å². The summed E-state index contributed by atoms with van der Waals surface area (Å²) in [6.45, 7) is 0. The predicted molar refractivity (Wildman–Crippen MR) is 62.8 cm³/mol. The summed E-state index contributed by atoms with van der Waals surface area (Å²) in [6.07, 6.45) is 0.191. The summed E-state index contributed by atoms with van der Waals surface area (Å²) in [5, 5.41) is 17.9. The zero-order chi connectivity index (χ0) is 11.6. The van der Waals surface area contributed by atoms with Gasteiger partial charge in [-0.3, -0.25) is 4.79 Å². The fourth-order valence-electron chi connectivity index (χ4n) is 1.09. The number of halogens is 2. The van der Waals surface area contributed by atoms with Crippen LogP contribution in [0.15, 0.2) is 21.1 Å². The number of nitrogens with two attached hydrogens (primary N) is 1. The smallest absolute Gasteiger partial charge is 0.320 e. The van der Waals surface area contributed by atoms with Gasteiger partial charge in [-0.2, -0.15) is 0 Å². The molecule has 0 fully saturated rings. The lowest BCUT2D eigenvalue weighted by atomic mass is 10.1. The minimum Gasteiger partial charge on any atom is -0.508 e. The van der Waals surface area contributed by atoms with Crippen molar-refractivity contribution >= 4 is 37.8 Å². The van der Waals surface area contributed by atoms with Crippen LogP contribution in [0.5, 0.6) is 5.75 Å². The third-order valence-corrected chi connectivity index (χ3v) is 3.28. The van der Waals surface area contributed by atoms with Crippen molar-refractivity contribution in [2.24, 2.45) is 5.73 Å². The second-order valence-electron chi connectivity index (χ2n) is 3.04. The summed E-state index contributed by atoms with van der Waals surface area (Å²) in [7, 11) is 0. The third-order valence-electron chi connectivity index (χ3n) is 1.87. The Bertz CT molecular complexity index is 372. The molecule has 0 bridgehead atoms. The molecule has 0 aliphatic rings. The van der Waals surface area contributed by atoms with Crippen molar-refractivity contribution < 1.29 is 15.0 Å². The number of carboxylic acids is 1. The molecule has 4 nitrogen and oxygen atoms in total. The van der Waals surface area contributed by atoms with Gasteiger partial charge in [0, 0.05) is 15.4 Å². The van der Waals surface area contributed by atoms with E-state index in [0.717, 1.165) is 5.56 Å². The monoisotopic (exact) mass is 337 g/mol. The van der Waals surface area contributed by atoms with Gasteiger partial charge in [0.15, 0.2) is 0 Å². The molecule has 1 rings (SSSR count). The van der Waals surface area contributed by atoms with Gasteiger partial charge >= 0.3 is 5.97 Å². The molecule has 15 heavy (non-hydrogen) atoms. The van der Waals surface area contributed by atoms with Gasteiger partial charge in [0.1, 0.15) is 11.8 Å². The number of rotatable bonds is 3. The number of hydrogen-bond acceptors (Lipinski definition) is 3. The average molecular weight is 339 g/mol. The fraction of sp³-hybridized carbons (Fsp3) is 0.222. The zero-order valence-electron chi connectivity index (χ0n) is 7.58. The minimum absolute atomic E-state index is 0.0985. The summed E-state index contributed by atoms with van der Waals surface area (Å²) in [5.74, 6) is -0.955. The number of phenolic OH excluding ortho intramolecular Hbond substituents is 1. The van der Waals surface area contributed by atoms with Gasteiger partial charge in [-0.25, -0.2) is 0 Å².